The molecule has 2 rings (SSSR count). The minimum Gasteiger partial charge on any atom is -0.335 e. The van der Waals surface area contributed by atoms with Crippen molar-refractivity contribution in [1.82, 2.24) is 0 Å². The Kier molecular flexibility index (Phi) is 4.92. The van der Waals surface area contributed by atoms with Crippen LogP contribution in [0.2, 0.25) is 0 Å². The molecule has 0 spiro atoms. The summed E-state index contributed by atoms with van der Waals surface area (Å²) in [6, 6.07) is 6.49. The molecule has 1 aromatic rings. The number of nitrogens with zero attached hydrogens (tertiary/aromatic N) is 1. The standard InChI is InChI=1S/C16H24N2S/c1-5-13(6-2)15-10-17-16(19-15)18-14-8-7-11(3)12(4)9-14/h7-9,13,15H,5-6,10H2,1-4H3,(H,17,18). The number of hydrogen-bond donors (Lipinski definition) is 1. The van der Waals surface area contributed by atoms with Crippen molar-refractivity contribution in [3.05, 3.63) is 29.3 Å². The van der Waals surface area contributed by atoms with E-state index in [1.165, 1.54) is 24.0 Å². The molecule has 1 N–H and O–H groups in total. The van der Waals surface area contributed by atoms with Gasteiger partial charge in [0.25, 0.3) is 0 Å². The van der Waals surface area contributed by atoms with Crippen LogP contribution in [0.4, 0.5) is 5.69 Å². The van der Waals surface area contributed by atoms with E-state index in [0.29, 0.717) is 5.25 Å². The molecule has 1 aromatic carbocycles. The normalized spacial score (nSPS) is 18.8. The second-order valence-corrected chi connectivity index (χ2v) is 6.53. The van der Waals surface area contributed by atoms with Gasteiger partial charge in [-0.3, -0.25) is 4.99 Å². The first-order chi connectivity index (χ1) is 9.13. The highest BCUT2D eigenvalue weighted by Gasteiger charge is 2.25. The number of anilines is 1. The molecule has 1 atom stereocenters. The van der Waals surface area contributed by atoms with E-state index < -0.39 is 0 Å². The van der Waals surface area contributed by atoms with E-state index >= 15 is 0 Å². The molecule has 104 valence electrons. The molecule has 1 aliphatic heterocycles. The van der Waals surface area contributed by atoms with Crippen LogP contribution in [-0.2, 0) is 0 Å². The molecule has 1 unspecified atom stereocenters. The predicted molar refractivity (Wildman–Crippen MR) is 87.3 cm³/mol. The topological polar surface area (TPSA) is 24.4 Å². The van der Waals surface area contributed by atoms with Crippen molar-refractivity contribution in [1.29, 1.82) is 0 Å². The fraction of sp³-hybridized carbons (Fsp3) is 0.562. The second kappa shape index (κ2) is 6.47. The quantitative estimate of drug-likeness (QED) is 0.867. The molecule has 19 heavy (non-hydrogen) atoms. The first kappa shape index (κ1) is 14.4. The fourth-order valence-electron chi connectivity index (χ4n) is 2.46. The van der Waals surface area contributed by atoms with Crippen LogP contribution in [0.5, 0.6) is 0 Å². The van der Waals surface area contributed by atoms with E-state index in [9.17, 15) is 0 Å². The van der Waals surface area contributed by atoms with Crippen LogP contribution in [0.25, 0.3) is 0 Å². The average molecular weight is 276 g/mol. The summed E-state index contributed by atoms with van der Waals surface area (Å²) >= 11 is 1.91. The first-order valence-corrected chi connectivity index (χ1v) is 8.07. The molecule has 1 heterocycles. The van der Waals surface area contributed by atoms with Gasteiger partial charge in [-0.15, -0.1) is 0 Å². The Bertz CT molecular complexity index is 464. The number of aryl methyl sites for hydroxylation is 2. The summed E-state index contributed by atoms with van der Waals surface area (Å²) in [5, 5.41) is 5.19. The Morgan fingerprint density at radius 1 is 1.26 bits per heavy atom. The third kappa shape index (κ3) is 3.53. The van der Waals surface area contributed by atoms with Gasteiger partial charge >= 0.3 is 0 Å². The summed E-state index contributed by atoms with van der Waals surface area (Å²) < 4.78 is 0. The Balaban J connectivity index is 1.96. The summed E-state index contributed by atoms with van der Waals surface area (Å²) in [4.78, 5) is 4.65. The van der Waals surface area contributed by atoms with Gasteiger partial charge in [-0.1, -0.05) is 44.5 Å². The molecule has 0 saturated carbocycles. The van der Waals surface area contributed by atoms with Crippen molar-refractivity contribution in [2.45, 2.75) is 45.8 Å². The summed E-state index contributed by atoms with van der Waals surface area (Å²) in [6.45, 7) is 9.82. The molecule has 0 aliphatic carbocycles. The van der Waals surface area contributed by atoms with E-state index in [0.717, 1.165) is 23.3 Å². The SMILES string of the molecule is CCC(CC)C1CN=C(Nc2ccc(C)c(C)c2)S1. The molecule has 1 aliphatic rings. The summed E-state index contributed by atoms with van der Waals surface area (Å²) in [7, 11) is 0. The molecule has 3 heteroatoms. The Morgan fingerprint density at radius 2 is 2.00 bits per heavy atom. The zero-order valence-electron chi connectivity index (χ0n) is 12.4. The molecule has 0 fully saturated rings. The third-order valence-corrected chi connectivity index (χ3v) is 5.30. The highest BCUT2D eigenvalue weighted by atomic mass is 32.2. The van der Waals surface area contributed by atoms with Gasteiger partial charge in [-0.25, -0.2) is 0 Å². The monoisotopic (exact) mass is 276 g/mol. The predicted octanol–water partition coefficient (Wildman–Crippen LogP) is 4.62. The first-order valence-electron chi connectivity index (χ1n) is 7.19. The van der Waals surface area contributed by atoms with E-state index in [2.05, 4.69) is 56.2 Å². The van der Waals surface area contributed by atoms with E-state index in [4.69, 9.17) is 0 Å². The maximum atomic E-state index is 4.65. The van der Waals surface area contributed by atoms with Crippen LogP contribution in [0.15, 0.2) is 23.2 Å². The molecule has 0 bridgehead atoms. The Hall–Kier alpha value is -0.960. The van der Waals surface area contributed by atoms with Gasteiger partial charge in [-0.2, -0.15) is 0 Å². The molecule has 0 amide bonds. The van der Waals surface area contributed by atoms with Gasteiger partial charge in [0.2, 0.25) is 0 Å². The minimum atomic E-state index is 0.657. The molecule has 2 nitrogen and oxygen atoms in total. The van der Waals surface area contributed by atoms with Crippen molar-refractivity contribution in [2.24, 2.45) is 10.9 Å². The largest absolute Gasteiger partial charge is 0.335 e. The zero-order chi connectivity index (χ0) is 13.8. The van der Waals surface area contributed by atoms with E-state index in [-0.39, 0.29) is 0 Å². The molecular formula is C16H24N2S. The van der Waals surface area contributed by atoms with E-state index in [1.807, 2.05) is 11.8 Å². The molecule has 0 radical (unpaired) electrons. The van der Waals surface area contributed by atoms with Crippen molar-refractivity contribution >= 4 is 22.6 Å². The number of rotatable bonds is 4. The lowest BCUT2D eigenvalue weighted by atomic mass is 9.99. The average Bonchev–Trinajstić information content (AvgIpc) is 2.84. The van der Waals surface area contributed by atoms with Crippen molar-refractivity contribution in [3.63, 3.8) is 0 Å². The Morgan fingerprint density at radius 3 is 2.63 bits per heavy atom. The van der Waals surface area contributed by atoms with Gasteiger partial charge in [0.05, 0.1) is 6.54 Å². The van der Waals surface area contributed by atoms with Crippen LogP contribution >= 0.6 is 11.8 Å². The molecular weight excluding hydrogens is 252 g/mol. The smallest absolute Gasteiger partial charge is 0.161 e. The lowest BCUT2D eigenvalue weighted by Crippen LogP contribution is -2.17. The van der Waals surface area contributed by atoms with Gasteiger partial charge in [0.1, 0.15) is 0 Å². The number of thioether (sulfide) groups is 1. The number of nitrogens with one attached hydrogen (secondary N) is 1. The fourth-order valence-corrected chi connectivity index (χ4v) is 3.80. The zero-order valence-corrected chi connectivity index (χ0v) is 13.2. The van der Waals surface area contributed by atoms with E-state index in [1.54, 1.807) is 0 Å². The van der Waals surface area contributed by atoms with Gasteiger partial charge < -0.3 is 5.32 Å². The second-order valence-electron chi connectivity index (χ2n) is 5.30. The lowest BCUT2D eigenvalue weighted by Gasteiger charge is -2.18. The van der Waals surface area contributed by atoms with Crippen LogP contribution in [-0.4, -0.2) is 17.0 Å². The van der Waals surface area contributed by atoms with Crippen molar-refractivity contribution in [3.8, 4) is 0 Å². The third-order valence-electron chi connectivity index (χ3n) is 4.01. The summed E-state index contributed by atoms with van der Waals surface area (Å²) in [5.74, 6) is 0.785. The number of hydrogen-bond acceptors (Lipinski definition) is 3. The number of amidine groups is 1. The van der Waals surface area contributed by atoms with Crippen LogP contribution in [0, 0.1) is 19.8 Å². The highest BCUT2D eigenvalue weighted by Crippen LogP contribution is 2.31. The van der Waals surface area contributed by atoms with Crippen molar-refractivity contribution in [2.75, 3.05) is 11.9 Å². The maximum Gasteiger partial charge on any atom is 0.161 e. The molecule has 0 saturated heterocycles. The lowest BCUT2D eigenvalue weighted by molar-refractivity contribution is 0.479. The summed E-state index contributed by atoms with van der Waals surface area (Å²) in [5.41, 5.74) is 3.81. The van der Waals surface area contributed by atoms with Gasteiger partial charge in [0.15, 0.2) is 5.17 Å². The van der Waals surface area contributed by atoms with Gasteiger partial charge in [0, 0.05) is 10.9 Å². The molecule has 0 aromatic heterocycles. The Labute approximate surface area is 121 Å². The van der Waals surface area contributed by atoms with Gasteiger partial charge in [-0.05, 0) is 43.0 Å². The number of aliphatic imine (C=N–C) groups is 1. The minimum absolute atomic E-state index is 0.657. The van der Waals surface area contributed by atoms with Crippen molar-refractivity contribution < 1.29 is 0 Å². The maximum absolute atomic E-state index is 4.65. The van der Waals surface area contributed by atoms with Crippen LogP contribution in [0.3, 0.4) is 0 Å². The van der Waals surface area contributed by atoms with Crippen LogP contribution < -0.4 is 5.32 Å². The summed E-state index contributed by atoms with van der Waals surface area (Å²) in [6.07, 6.45) is 2.50. The number of benzene rings is 1. The van der Waals surface area contributed by atoms with Crippen LogP contribution in [0.1, 0.15) is 37.8 Å². The highest BCUT2D eigenvalue weighted by molar-refractivity contribution is 8.15.